The molecule has 5 nitrogen and oxygen atoms in total. The van der Waals surface area contributed by atoms with Gasteiger partial charge in [0.1, 0.15) is 6.33 Å². The molecule has 0 bridgehead atoms. The molecule has 6 heteroatoms. The van der Waals surface area contributed by atoms with Gasteiger partial charge in [0.25, 0.3) is 0 Å². The molecule has 21 heavy (non-hydrogen) atoms. The van der Waals surface area contributed by atoms with E-state index < -0.39 is 0 Å². The molecule has 2 heterocycles. The van der Waals surface area contributed by atoms with E-state index in [1.165, 1.54) is 22.9 Å². The van der Waals surface area contributed by atoms with Crippen LogP contribution in [0.2, 0.25) is 0 Å². The van der Waals surface area contributed by atoms with Crippen LogP contribution >= 0.6 is 11.8 Å². The standard InChI is InChI=1S/C15H18N4OS/c1-11(21-15-17-16-10-18(15)2)14(20)19-8-7-12-5-3-4-6-13(12)9-19/h3-6,10-11H,7-9H2,1-2H3. The van der Waals surface area contributed by atoms with E-state index in [9.17, 15) is 4.79 Å². The van der Waals surface area contributed by atoms with Crippen LogP contribution in [0.3, 0.4) is 0 Å². The van der Waals surface area contributed by atoms with Gasteiger partial charge >= 0.3 is 0 Å². The highest BCUT2D eigenvalue weighted by atomic mass is 32.2. The topological polar surface area (TPSA) is 51.0 Å². The van der Waals surface area contributed by atoms with Crippen molar-refractivity contribution in [3.63, 3.8) is 0 Å². The lowest BCUT2D eigenvalue weighted by Gasteiger charge is -2.30. The highest BCUT2D eigenvalue weighted by molar-refractivity contribution is 8.00. The van der Waals surface area contributed by atoms with Crippen LogP contribution in [0.1, 0.15) is 18.1 Å². The number of hydrogen-bond donors (Lipinski definition) is 0. The molecule has 0 saturated carbocycles. The van der Waals surface area contributed by atoms with E-state index in [0.29, 0.717) is 6.54 Å². The van der Waals surface area contributed by atoms with Gasteiger partial charge in [0, 0.05) is 20.1 Å². The van der Waals surface area contributed by atoms with Crippen molar-refractivity contribution in [1.82, 2.24) is 19.7 Å². The molecule has 2 aromatic rings. The zero-order chi connectivity index (χ0) is 14.8. The summed E-state index contributed by atoms with van der Waals surface area (Å²) in [7, 11) is 1.89. The van der Waals surface area contributed by atoms with Crippen molar-refractivity contribution < 1.29 is 4.79 Å². The maximum atomic E-state index is 12.6. The Balaban J connectivity index is 1.67. The zero-order valence-electron chi connectivity index (χ0n) is 12.2. The van der Waals surface area contributed by atoms with Crippen LogP contribution in [0.15, 0.2) is 35.7 Å². The predicted octanol–water partition coefficient (Wildman–Crippen LogP) is 1.88. The molecule has 1 atom stereocenters. The number of aromatic nitrogens is 3. The largest absolute Gasteiger partial charge is 0.337 e. The highest BCUT2D eigenvalue weighted by Gasteiger charge is 2.26. The van der Waals surface area contributed by atoms with Gasteiger partial charge in [0.2, 0.25) is 5.91 Å². The van der Waals surface area contributed by atoms with Gasteiger partial charge in [-0.3, -0.25) is 4.79 Å². The number of carbonyl (C=O) groups is 1. The molecule has 1 amide bonds. The van der Waals surface area contributed by atoms with E-state index in [0.717, 1.165) is 18.1 Å². The van der Waals surface area contributed by atoms with Gasteiger partial charge in [-0.15, -0.1) is 10.2 Å². The predicted molar refractivity (Wildman–Crippen MR) is 81.9 cm³/mol. The molecule has 0 fully saturated rings. The molecule has 0 spiro atoms. The van der Waals surface area contributed by atoms with E-state index in [1.54, 1.807) is 6.33 Å². The van der Waals surface area contributed by atoms with Crippen molar-refractivity contribution in [2.45, 2.75) is 30.3 Å². The molecule has 1 unspecified atom stereocenters. The minimum absolute atomic E-state index is 0.154. The number of carbonyl (C=O) groups excluding carboxylic acids is 1. The molecule has 1 aromatic heterocycles. The Morgan fingerprint density at radius 3 is 2.81 bits per heavy atom. The Labute approximate surface area is 128 Å². The third-order valence-electron chi connectivity index (χ3n) is 3.74. The summed E-state index contributed by atoms with van der Waals surface area (Å²) in [6.45, 7) is 3.43. The number of rotatable bonds is 3. The summed E-state index contributed by atoms with van der Waals surface area (Å²) >= 11 is 1.46. The lowest BCUT2D eigenvalue weighted by atomic mass is 10.00. The number of thioether (sulfide) groups is 1. The second-order valence-electron chi connectivity index (χ2n) is 5.26. The number of aryl methyl sites for hydroxylation is 1. The number of benzene rings is 1. The Morgan fingerprint density at radius 1 is 1.33 bits per heavy atom. The number of nitrogens with zero attached hydrogens (tertiary/aromatic N) is 4. The Morgan fingerprint density at radius 2 is 2.10 bits per heavy atom. The average molecular weight is 302 g/mol. The first-order chi connectivity index (χ1) is 10.1. The summed E-state index contributed by atoms with van der Waals surface area (Å²) in [6, 6.07) is 8.34. The fourth-order valence-electron chi connectivity index (χ4n) is 2.53. The normalized spacial score (nSPS) is 15.6. The van der Waals surface area contributed by atoms with Crippen molar-refractivity contribution >= 4 is 17.7 Å². The van der Waals surface area contributed by atoms with Crippen molar-refractivity contribution in [3.8, 4) is 0 Å². The SMILES string of the molecule is CC(Sc1nncn1C)C(=O)N1CCc2ccccc2C1. The minimum atomic E-state index is -0.154. The Bertz CT molecular complexity index is 655. The summed E-state index contributed by atoms with van der Waals surface area (Å²) in [4.78, 5) is 14.5. The molecule has 1 aliphatic rings. The monoisotopic (exact) mass is 302 g/mol. The van der Waals surface area contributed by atoms with Crippen molar-refractivity contribution in [3.05, 3.63) is 41.7 Å². The third-order valence-corrected chi connectivity index (χ3v) is 4.88. The number of fused-ring (bicyclic) bond motifs is 1. The van der Waals surface area contributed by atoms with Crippen molar-refractivity contribution in [2.24, 2.45) is 7.05 Å². The summed E-state index contributed by atoms with van der Waals surface area (Å²) in [6.07, 6.45) is 2.58. The van der Waals surface area contributed by atoms with Crippen LogP contribution in [0, 0.1) is 0 Å². The summed E-state index contributed by atoms with van der Waals surface area (Å²) < 4.78 is 1.83. The van der Waals surface area contributed by atoms with Gasteiger partial charge in [-0.25, -0.2) is 0 Å². The second-order valence-corrected chi connectivity index (χ2v) is 6.57. The molecule has 0 saturated heterocycles. The molecule has 0 radical (unpaired) electrons. The summed E-state index contributed by atoms with van der Waals surface area (Å²) in [5.41, 5.74) is 2.61. The van der Waals surface area contributed by atoms with Gasteiger partial charge in [0.05, 0.1) is 5.25 Å². The van der Waals surface area contributed by atoms with Gasteiger partial charge < -0.3 is 9.47 Å². The molecule has 1 aromatic carbocycles. The minimum Gasteiger partial charge on any atom is -0.337 e. The van der Waals surface area contributed by atoms with E-state index in [-0.39, 0.29) is 11.2 Å². The zero-order valence-corrected chi connectivity index (χ0v) is 13.0. The van der Waals surface area contributed by atoms with Gasteiger partial charge in [0.15, 0.2) is 5.16 Å². The molecule has 110 valence electrons. The van der Waals surface area contributed by atoms with Gasteiger partial charge in [-0.05, 0) is 24.5 Å². The van der Waals surface area contributed by atoms with Crippen LogP contribution in [0.4, 0.5) is 0 Å². The van der Waals surface area contributed by atoms with E-state index >= 15 is 0 Å². The van der Waals surface area contributed by atoms with E-state index in [4.69, 9.17) is 0 Å². The van der Waals surface area contributed by atoms with Gasteiger partial charge in [-0.1, -0.05) is 36.0 Å². The molecule has 0 aliphatic carbocycles. The molecule has 3 rings (SSSR count). The van der Waals surface area contributed by atoms with Crippen LogP contribution in [0.5, 0.6) is 0 Å². The lowest BCUT2D eigenvalue weighted by Crippen LogP contribution is -2.40. The third kappa shape index (κ3) is 2.95. The second kappa shape index (κ2) is 5.89. The van der Waals surface area contributed by atoms with Crippen LogP contribution in [-0.2, 0) is 24.8 Å². The highest BCUT2D eigenvalue weighted by Crippen LogP contribution is 2.25. The Kier molecular flexibility index (Phi) is 3.96. The molecular weight excluding hydrogens is 284 g/mol. The first-order valence-corrected chi connectivity index (χ1v) is 7.89. The first kappa shape index (κ1) is 14.1. The van der Waals surface area contributed by atoms with Crippen molar-refractivity contribution in [2.75, 3.05) is 6.54 Å². The fraction of sp³-hybridized carbons (Fsp3) is 0.400. The summed E-state index contributed by atoms with van der Waals surface area (Å²) in [5.74, 6) is 0.164. The quantitative estimate of drug-likeness (QED) is 0.812. The van der Waals surface area contributed by atoms with Crippen LogP contribution in [-0.4, -0.2) is 37.4 Å². The average Bonchev–Trinajstić information content (AvgIpc) is 2.91. The molecule has 1 aliphatic heterocycles. The van der Waals surface area contributed by atoms with Crippen LogP contribution < -0.4 is 0 Å². The maximum absolute atomic E-state index is 12.6. The maximum Gasteiger partial charge on any atom is 0.236 e. The van der Waals surface area contributed by atoms with E-state index in [2.05, 4.69) is 28.4 Å². The number of hydrogen-bond acceptors (Lipinski definition) is 4. The first-order valence-electron chi connectivity index (χ1n) is 7.01. The Hall–Kier alpha value is -1.82. The van der Waals surface area contributed by atoms with Crippen LogP contribution in [0.25, 0.3) is 0 Å². The number of amides is 1. The molecule has 0 N–H and O–H groups in total. The molecular formula is C15H18N4OS. The smallest absolute Gasteiger partial charge is 0.236 e. The van der Waals surface area contributed by atoms with Gasteiger partial charge in [-0.2, -0.15) is 0 Å². The van der Waals surface area contributed by atoms with E-state index in [1.807, 2.05) is 29.5 Å². The fourth-order valence-corrected chi connectivity index (χ4v) is 3.40. The summed E-state index contributed by atoms with van der Waals surface area (Å²) in [5, 5.41) is 8.49. The van der Waals surface area contributed by atoms with Crippen molar-refractivity contribution in [1.29, 1.82) is 0 Å². The lowest BCUT2D eigenvalue weighted by molar-refractivity contribution is -0.131.